The van der Waals surface area contributed by atoms with Crippen LogP contribution in [0.2, 0.25) is 0 Å². The van der Waals surface area contributed by atoms with Crippen LogP contribution in [0.1, 0.15) is 35.8 Å². The van der Waals surface area contributed by atoms with Gasteiger partial charge in [0.2, 0.25) is 0 Å². The van der Waals surface area contributed by atoms with Gasteiger partial charge >= 0.3 is 6.18 Å². The summed E-state index contributed by atoms with van der Waals surface area (Å²) in [4.78, 5) is 0. The molecule has 0 bridgehead atoms. The molecule has 1 N–H and O–H groups in total. The van der Waals surface area contributed by atoms with Crippen LogP contribution in [0.5, 0.6) is 0 Å². The van der Waals surface area contributed by atoms with E-state index in [9.17, 15) is 18.3 Å². The molecule has 0 fully saturated rings. The molecule has 2 rings (SSSR count). The Kier molecular flexibility index (Phi) is 6.62. The number of alkyl halides is 3. The maximum absolute atomic E-state index is 12.8. The molecule has 0 aliphatic heterocycles. The van der Waals surface area contributed by atoms with Gasteiger partial charge in [-0.15, -0.1) is 6.58 Å². The lowest BCUT2D eigenvalue weighted by molar-refractivity contribution is -0.137. The summed E-state index contributed by atoms with van der Waals surface area (Å²) >= 11 is 0. The molecular formula is C21H23F3O2. The van der Waals surface area contributed by atoms with Gasteiger partial charge in [0.15, 0.2) is 0 Å². The highest BCUT2D eigenvalue weighted by molar-refractivity contribution is 5.28. The topological polar surface area (TPSA) is 29.5 Å². The lowest BCUT2D eigenvalue weighted by atomic mass is 9.80. The Morgan fingerprint density at radius 1 is 1.00 bits per heavy atom. The van der Waals surface area contributed by atoms with Crippen LogP contribution in [0.15, 0.2) is 67.3 Å². The number of halogens is 3. The molecular weight excluding hydrogens is 341 g/mol. The van der Waals surface area contributed by atoms with E-state index in [2.05, 4.69) is 6.58 Å². The second-order valence-electron chi connectivity index (χ2n) is 6.30. The van der Waals surface area contributed by atoms with Crippen molar-refractivity contribution in [3.8, 4) is 0 Å². The first kappa shape index (κ1) is 20.2. The minimum Gasteiger partial charge on any atom is -0.388 e. The largest absolute Gasteiger partial charge is 0.416 e. The van der Waals surface area contributed by atoms with E-state index < -0.39 is 23.9 Å². The summed E-state index contributed by atoms with van der Waals surface area (Å²) < 4.78 is 43.9. The van der Waals surface area contributed by atoms with Crippen LogP contribution < -0.4 is 0 Å². The zero-order chi connectivity index (χ0) is 19.3. The summed E-state index contributed by atoms with van der Waals surface area (Å²) in [7, 11) is 1.50. The Bertz CT molecular complexity index is 695. The predicted molar refractivity (Wildman–Crippen MR) is 95.4 cm³/mol. The van der Waals surface area contributed by atoms with Crippen molar-refractivity contribution in [2.45, 2.75) is 25.3 Å². The second kappa shape index (κ2) is 8.52. The summed E-state index contributed by atoms with van der Waals surface area (Å²) in [5.74, 6) is -0.533. The number of rotatable bonds is 7. The highest BCUT2D eigenvalue weighted by atomic mass is 19.4. The maximum Gasteiger partial charge on any atom is 0.416 e. The molecule has 0 saturated heterocycles. The maximum atomic E-state index is 12.8. The molecule has 0 aliphatic rings. The first-order chi connectivity index (χ1) is 12.3. The molecule has 0 unspecified atom stereocenters. The lowest BCUT2D eigenvalue weighted by Crippen LogP contribution is -2.25. The number of aliphatic hydroxyl groups is 1. The van der Waals surface area contributed by atoms with Crippen molar-refractivity contribution in [2.24, 2.45) is 11.8 Å². The Labute approximate surface area is 151 Å². The van der Waals surface area contributed by atoms with Crippen molar-refractivity contribution in [1.29, 1.82) is 0 Å². The van der Waals surface area contributed by atoms with Crippen LogP contribution in [0.3, 0.4) is 0 Å². The van der Waals surface area contributed by atoms with Gasteiger partial charge in [-0.1, -0.05) is 55.5 Å². The van der Waals surface area contributed by atoms with Crippen LogP contribution in [0, 0.1) is 11.8 Å². The van der Waals surface area contributed by atoms with Crippen molar-refractivity contribution in [3.05, 3.63) is 83.9 Å². The van der Waals surface area contributed by atoms with Gasteiger partial charge in [0.25, 0.3) is 0 Å². The van der Waals surface area contributed by atoms with E-state index in [0.29, 0.717) is 5.56 Å². The van der Waals surface area contributed by atoms with Crippen molar-refractivity contribution in [1.82, 2.24) is 0 Å². The Morgan fingerprint density at radius 3 is 2.04 bits per heavy atom. The zero-order valence-corrected chi connectivity index (χ0v) is 14.8. The highest BCUT2D eigenvalue weighted by Crippen LogP contribution is 2.39. The van der Waals surface area contributed by atoms with E-state index >= 15 is 0 Å². The third-order valence-electron chi connectivity index (χ3n) is 4.69. The zero-order valence-electron chi connectivity index (χ0n) is 14.8. The predicted octanol–water partition coefficient (Wildman–Crippen LogP) is 5.56. The fourth-order valence-corrected chi connectivity index (χ4v) is 3.16. The quantitative estimate of drug-likeness (QED) is 0.651. The van der Waals surface area contributed by atoms with Crippen LogP contribution >= 0.6 is 0 Å². The molecule has 4 atom stereocenters. The fraction of sp³-hybridized carbons (Fsp3) is 0.333. The Morgan fingerprint density at radius 2 is 1.58 bits per heavy atom. The van der Waals surface area contributed by atoms with Crippen molar-refractivity contribution in [2.75, 3.05) is 7.11 Å². The van der Waals surface area contributed by atoms with E-state index in [1.165, 1.54) is 19.2 Å². The normalized spacial score (nSPS) is 16.5. The minimum absolute atomic E-state index is 0.248. The van der Waals surface area contributed by atoms with Crippen LogP contribution in [0.25, 0.3) is 0 Å². The van der Waals surface area contributed by atoms with Gasteiger partial charge in [0.1, 0.15) is 0 Å². The SMILES string of the molecule is C=C[C@H]([C@H](C)[C@H](O)c1ccccc1)[C@H](OC)c1ccc(C(F)(F)F)cc1. The first-order valence-corrected chi connectivity index (χ1v) is 8.35. The molecule has 0 aromatic heterocycles. The molecule has 0 heterocycles. The Hall–Kier alpha value is -2.11. The van der Waals surface area contributed by atoms with Gasteiger partial charge in [0, 0.05) is 13.0 Å². The molecule has 140 valence electrons. The van der Waals surface area contributed by atoms with Gasteiger partial charge in [0.05, 0.1) is 17.8 Å². The number of hydrogen-bond acceptors (Lipinski definition) is 2. The monoisotopic (exact) mass is 364 g/mol. The van der Waals surface area contributed by atoms with E-state index in [4.69, 9.17) is 4.74 Å². The summed E-state index contributed by atoms with van der Waals surface area (Å²) in [6.07, 6.45) is -3.95. The van der Waals surface area contributed by atoms with E-state index in [-0.39, 0.29) is 11.8 Å². The molecule has 0 amide bonds. The van der Waals surface area contributed by atoms with Crippen LogP contribution in [-0.4, -0.2) is 12.2 Å². The molecule has 2 aromatic carbocycles. The lowest BCUT2D eigenvalue weighted by Gasteiger charge is -2.32. The van der Waals surface area contributed by atoms with Gasteiger partial charge in [-0.05, 0) is 29.2 Å². The van der Waals surface area contributed by atoms with Crippen molar-refractivity contribution in [3.63, 3.8) is 0 Å². The third kappa shape index (κ3) is 4.54. The van der Waals surface area contributed by atoms with Gasteiger partial charge in [-0.25, -0.2) is 0 Å². The van der Waals surface area contributed by atoms with Crippen molar-refractivity contribution >= 4 is 0 Å². The highest BCUT2D eigenvalue weighted by Gasteiger charge is 2.33. The molecule has 2 nitrogen and oxygen atoms in total. The second-order valence-corrected chi connectivity index (χ2v) is 6.30. The number of ether oxygens (including phenoxy) is 1. The van der Waals surface area contributed by atoms with E-state index in [1.807, 2.05) is 37.3 Å². The molecule has 26 heavy (non-hydrogen) atoms. The van der Waals surface area contributed by atoms with Gasteiger partial charge < -0.3 is 9.84 Å². The standard InChI is InChI=1S/C21H23F3O2/c1-4-18(14(2)19(25)15-8-6-5-7-9-15)20(26-3)16-10-12-17(13-11-16)21(22,23)24/h4-14,18-20,25H,1H2,2-3H3/t14-,18+,19-,20+/m0/s1. The first-order valence-electron chi connectivity index (χ1n) is 8.35. The van der Waals surface area contributed by atoms with Crippen molar-refractivity contribution < 1.29 is 23.0 Å². The molecule has 0 aliphatic carbocycles. The molecule has 5 heteroatoms. The number of benzene rings is 2. The number of hydrogen-bond donors (Lipinski definition) is 1. The van der Waals surface area contributed by atoms with Gasteiger partial charge in [-0.2, -0.15) is 13.2 Å². The molecule has 0 spiro atoms. The summed E-state index contributed by atoms with van der Waals surface area (Å²) in [6, 6.07) is 14.1. The Balaban J connectivity index is 2.26. The number of methoxy groups -OCH3 is 1. The molecule has 0 radical (unpaired) electrons. The fourth-order valence-electron chi connectivity index (χ4n) is 3.16. The summed E-state index contributed by atoms with van der Waals surface area (Å²) in [6.45, 7) is 5.71. The van der Waals surface area contributed by atoms with Crippen LogP contribution in [0.4, 0.5) is 13.2 Å². The molecule has 0 saturated carbocycles. The minimum atomic E-state index is -4.38. The summed E-state index contributed by atoms with van der Waals surface area (Å²) in [5.41, 5.74) is 0.676. The molecule has 2 aromatic rings. The van der Waals surface area contributed by atoms with E-state index in [1.54, 1.807) is 6.08 Å². The van der Waals surface area contributed by atoms with E-state index in [0.717, 1.165) is 17.7 Å². The summed E-state index contributed by atoms with van der Waals surface area (Å²) in [5, 5.41) is 10.7. The average molecular weight is 364 g/mol. The smallest absolute Gasteiger partial charge is 0.388 e. The number of aliphatic hydroxyl groups excluding tert-OH is 1. The van der Waals surface area contributed by atoms with Crippen LogP contribution in [-0.2, 0) is 10.9 Å². The third-order valence-corrected chi connectivity index (χ3v) is 4.69. The van der Waals surface area contributed by atoms with Gasteiger partial charge in [-0.3, -0.25) is 0 Å². The average Bonchev–Trinajstić information content (AvgIpc) is 2.65.